The number of pyridine rings is 1. The molecule has 1 nitrogen and oxygen atoms in total. The standard InChI is InChI=1S/C14H20F3N/c1-2-3-4-5-6-7-8-12-9-13(11-18-10-12)14(15,16)17/h9-11H,2-8H2,1H3. The van der Waals surface area contributed by atoms with Gasteiger partial charge in [0, 0.05) is 12.4 Å². The van der Waals surface area contributed by atoms with Crippen molar-refractivity contribution < 1.29 is 13.2 Å². The zero-order chi connectivity index (χ0) is 13.4. The molecule has 0 aliphatic heterocycles. The van der Waals surface area contributed by atoms with E-state index in [9.17, 15) is 13.2 Å². The molecule has 0 aromatic carbocycles. The van der Waals surface area contributed by atoms with Crippen LogP contribution in [0, 0.1) is 0 Å². The van der Waals surface area contributed by atoms with Crippen LogP contribution < -0.4 is 0 Å². The maximum absolute atomic E-state index is 12.5. The summed E-state index contributed by atoms with van der Waals surface area (Å²) in [5, 5.41) is 0. The number of hydrogen-bond donors (Lipinski definition) is 0. The van der Waals surface area contributed by atoms with Crippen LogP contribution in [0.4, 0.5) is 13.2 Å². The van der Waals surface area contributed by atoms with Crippen LogP contribution in [0.5, 0.6) is 0 Å². The number of unbranched alkanes of at least 4 members (excludes halogenated alkanes) is 5. The first-order chi connectivity index (χ1) is 8.54. The van der Waals surface area contributed by atoms with Gasteiger partial charge >= 0.3 is 6.18 Å². The summed E-state index contributed by atoms with van der Waals surface area (Å²) in [6.45, 7) is 2.16. The molecule has 0 fully saturated rings. The molecule has 102 valence electrons. The molecule has 0 N–H and O–H groups in total. The molecule has 1 aromatic heterocycles. The molecule has 18 heavy (non-hydrogen) atoms. The highest BCUT2D eigenvalue weighted by molar-refractivity contribution is 5.20. The molecule has 0 aliphatic carbocycles. The van der Waals surface area contributed by atoms with Crippen molar-refractivity contribution in [1.29, 1.82) is 0 Å². The maximum atomic E-state index is 12.5. The fourth-order valence-corrected chi connectivity index (χ4v) is 1.89. The molecule has 4 heteroatoms. The molecule has 1 aromatic rings. The Morgan fingerprint density at radius 2 is 1.67 bits per heavy atom. The lowest BCUT2D eigenvalue weighted by Crippen LogP contribution is -2.06. The first-order valence-corrected chi connectivity index (χ1v) is 6.55. The zero-order valence-corrected chi connectivity index (χ0v) is 10.8. The van der Waals surface area contributed by atoms with E-state index in [2.05, 4.69) is 11.9 Å². The van der Waals surface area contributed by atoms with Gasteiger partial charge in [-0.25, -0.2) is 0 Å². The largest absolute Gasteiger partial charge is 0.417 e. The third kappa shape index (κ3) is 5.52. The quantitative estimate of drug-likeness (QED) is 0.628. The Hall–Kier alpha value is -1.06. The minimum atomic E-state index is -4.29. The SMILES string of the molecule is CCCCCCCCc1cncc(C(F)(F)F)c1. The number of alkyl halides is 3. The fraction of sp³-hybridized carbons (Fsp3) is 0.643. The van der Waals surface area contributed by atoms with E-state index in [-0.39, 0.29) is 0 Å². The highest BCUT2D eigenvalue weighted by Gasteiger charge is 2.30. The Bertz CT molecular complexity index is 347. The first-order valence-electron chi connectivity index (χ1n) is 6.55. The number of aryl methyl sites for hydroxylation is 1. The number of halogens is 3. The molecular formula is C14H20F3N. The number of nitrogens with zero attached hydrogens (tertiary/aromatic N) is 1. The third-order valence-electron chi connectivity index (χ3n) is 2.94. The zero-order valence-electron chi connectivity index (χ0n) is 10.8. The van der Waals surface area contributed by atoms with Crippen molar-refractivity contribution in [1.82, 2.24) is 4.98 Å². The highest BCUT2D eigenvalue weighted by atomic mass is 19.4. The average Bonchev–Trinajstić information content (AvgIpc) is 2.33. The van der Waals surface area contributed by atoms with Crippen LogP contribution in [0.2, 0.25) is 0 Å². The Kier molecular flexibility index (Phi) is 6.16. The van der Waals surface area contributed by atoms with Crippen molar-refractivity contribution >= 4 is 0 Å². The predicted molar refractivity (Wildman–Crippen MR) is 66.3 cm³/mol. The van der Waals surface area contributed by atoms with Crippen LogP contribution >= 0.6 is 0 Å². The molecule has 0 amide bonds. The lowest BCUT2D eigenvalue weighted by atomic mass is 10.1. The Morgan fingerprint density at radius 1 is 1.00 bits per heavy atom. The van der Waals surface area contributed by atoms with Gasteiger partial charge in [0.1, 0.15) is 0 Å². The second-order valence-corrected chi connectivity index (χ2v) is 4.60. The van der Waals surface area contributed by atoms with Crippen molar-refractivity contribution in [3.8, 4) is 0 Å². The summed E-state index contributed by atoms with van der Waals surface area (Å²) in [5.41, 5.74) is 0.0336. The summed E-state index contributed by atoms with van der Waals surface area (Å²) in [6, 6.07) is 1.21. The Balaban J connectivity index is 2.34. The molecule has 0 spiro atoms. The third-order valence-corrected chi connectivity index (χ3v) is 2.94. The molecule has 1 rings (SSSR count). The van der Waals surface area contributed by atoms with E-state index in [0.717, 1.165) is 19.0 Å². The molecule has 0 aliphatic rings. The van der Waals surface area contributed by atoms with Gasteiger partial charge in [-0.3, -0.25) is 4.98 Å². The molecule has 0 saturated heterocycles. The molecule has 0 bridgehead atoms. The van der Waals surface area contributed by atoms with Crippen LogP contribution in [0.3, 0.4) is 0 Å². The average molecular weight is 259 g/mol. The lowest BCUT2D eigenvalue weighted by molar-refractivity contribution is -0.137. The fourth-order valence-electron chi connectivity index (χ4n) is 1.89. The van der Waals surface area contributed by atoms with Crippen molar-refractivity contribution in [2.24, 2.45) is 0 Å². The molecule has 0 unspecified atom stereocenters. The Morgan fingerprint density at radius 3 is 2.33 bits per heavy atom. The van der Waals surface area contributed by atoms with E-state index < -0.39 is 11.7 Å². The normalized spacial score (nSPS) is 11.8. The first kappa shape index (κ1) is 15.0. The monoisotopic (exact) mass is 259 g/mol. The van der Waals surface area contributed by atoms with E-state index in [1.807, 2.05) is 0 Å². The van der Waals surface area contributed by atoms with Gasteiger partial charge in [0.15, 0.2) is 0 Å². The summed E-state index contributed by atoms with van der Waals surface area (Å²) in [4.78, 5) is 3.66. The minimum absolute atomic E-state index is 0.647. The second kappa shape index (κ2) is 7.39. The van der Waals surface area contributed by atoms with Gasteiger partial charge in [-0.15, -0.1) is 0 Å². The van der Waals surface area contributed by atoms with Gasteiger partial charge in [0.2, 0.25) is 0 Å². The van der Waals surface area contributed by atoms with Crippen LogP contribution in [0.1, 0.15) is 56.6 Å². The number of rotatable bonds is 7. The maximum Gasteiger partial charge on any atom is 0.417 e. The van der Waals surface area contributed by atoms with Crippen molar-refractivity contribution in [3.05, 3.63) is 29.6 Å². The summed E-state index contributed by atoms with van der Waals surface area (Å²) in [5.74, 6) is 0. The van der Waals surface area contributed by atoms with E-state index in [1.54, 1.807) is 0 Å². The summed E-state index contributed by atoms with van der Waals surface area (Å²) >= 11 is 0. The van der Waals surface area contributed by atoms with Gasteiger partial charge in [-0.2, -0.15) is 13.2 Å². The van der Waals surface area contributed by atoms with E-state index in [4.69, 9.17) is 0 Å². The molecule has 1 heterocycles. The van der Waals surface area contributed by atoms with Gasteiger partial charge in [0.25, 0.3) is 0 Å². The van der Waals surface area contributed by atoms with Crippen LogP contribution in [-0.2, 0) is 12.6 Å². The van der Waals surface area contributed by atoms with Crippen molar-refractivity contribution in [2.45, 2.75) is 58.0 Å². The summed E-state index contributed by atoms with van der Waals surface area (Å²) in [6.07, 6.45) is 5.66. The van der Waals surface area contributed by atoms with Gasteiger partial charge in [-0.05, 0) is 24.5 Å². The number of aromatic nitrogens is 1. The Labute approximate surface area is 106 Å². The molecular weight excluding hydrogens is 239 g/mol. The lowest BCUT2D eigenvalue weighted by Gasteiger charge is -2.07. The van der Waals surface area contributed by atoms with Crippen LogP contribution in [0.25, 0.3) is 0 Å². The molecule has 0 radical (unpaired) electrons. The highest BCUT2D eigenvalue weighted by Crippen LogP contribution is 2.29. The van der Waals surface area contributed by atoms with Gasteiger partial charge in [0.05, 0.1) is 5.56 Å². The molecule has 0 atom stereocenters. The van der Waals surface area contributed by atoms with Crippen LogP contribution in [-0.4, -0.2) is 4.98 Å². The summed E-state index contributed by atoms with van der Waals surface area (Å²) in [7, 11) is 0. The van der Waals surface area contributed by atoms with Gasteiger partial charge in [-0.1, -0.05) is 39.0 Å². The van der Waals surface area contributed by atoms with Crippen molar-refractivity contribution in [3.63, 3.8) is 0 Å². The molecule has 0 saturated carbocycles. The van der Waals surface area contributed by atoms with E-state index in [0.29, 0.717) is 12.0 Å². The van der Waals surface area contributed by atoms with Crippen molar-refractivity contribution in [2.75, 3.05) is 0 Å². The topological polar surface area (TPSA) is 12.9 Å². The summed E-state index contributed by atoms with van der Waals surface area (Å²) < 4.78 is 37.4. The minimum Gasteiger partial charge on any atom is -0.264 e. The second-order valence-electron chi connectivity index (χ2n) is 4.60. The van der Waals surface area contributed by atoms with Crippen LogP contribution in [0.15, 0.2) is 18.5 Å². The van der Waals surface area contributed by atoms with E-state index >= 15 is 0 Å². The van der Waals surface area contributed by atoms with Gasteiger partial charge < -0.3 is 0 Å². The van der Waals surface area contributed by atoms with E-state index in [1.165, 1.54) is 37.9 Å². The number of hydrogen-bond acceptors (Lipinski definition) is 1. The smallest absolute Gasteiger partial charge is 0.264 e. The predicted octanol–water partition coefficient (Wildman–Crippen LogP) is 5.00.